The maximum Gasteiger partial charge on any atom is 0.326 e. The van der Waals surface area contributed by atoms with Gasteiger partial charge in [-0.15, -0.1) is 0 Å². The zero-order chi connectivity index (χ0) is 22.7. The lowest BCUT2D eigenvalue weighted by atomic mass is 10.1. The van der Waals surface area contributed by atoms with Crippen molar-refractivity contribution in [2.45, 2.75) is 18.9 Å². The maximum absolute atomic E-state index is 12.4. The number of imidazole rings is 1. The average molecular weight is 433 g/mol. The van der Waals surface area contributed by atoms with Gasteiger partial charge in [-0.3, -0.25) is 14.0 Å². The fourth-order valence-corrected chi connectivity index (χ4v) is 3.30. The molecule has 4 rings (SSSR count). The lowest BCUT2D eigenvalue weighted by Gasteiger charge is -2.14. The highest BCUT2D eigenvalue weighted by molar-refractivity contribution is 5.97. The molecular formula is C22H19N5O5. The van der Waals surface area contributed by atoms with Gasteiger partial charge >= 0.3 is 11.9 Å². The number of aromatic nitrogens is 3. The predicted octanol–water partition coefficient (Wildman–Crippen LogP) is 2.67. The van der Waals surface area contributed by atoms with E-state index in [-0.39, 0.29) is 18.4 Å². The van der Waals surface area contributed by atoms with Crippen molar-refractivity contribution in [3.63, 3.8) is 0 Å². The van der Waals surface area contributed by atoms with Crippen molar-refractivity contribution in [2.24, 2.45) is 0 Å². The van der Waals surface area contributed by atoms with Gasteiger partial charge in [0.15, 0.2) is 11.5 Å². The molecule has 162 valence electrons. The highest BCUT2D eigenvalue weighted by Crippen LogP contribution is 2.23. The first-order valence-corrected chi connectivity index (χ1v) is 9.77. The number of rotatable bonds is 8. The number of carboxylic acids is 2. The molecule has 10 nitrogen and oxygen atoms in total. The Morgan fingerprint density at radius 2 is 1.78 bits per heavy atom. The topological polar surface area (TPSA) is 146 Å². The molecule has 0 bridgehead atoms. The second kappa shape index (κ2) is 8.72. The summed E-state index contributed by atoms with van der Waals surface area (Å²) in [5, 5.41) is 23.5. The van der Waals surface area contributed by atoms with Crippen molar-refractivity contribution in [3.05, 3.63) is 66.5 Å². The molecule has 0 saturated carbocycles. The van der Waals surface area contributed by atoms with E-state index in [9.17, 15) is 19.5 Å². The molecular weight excluding hydrogens is 414 g/mol. The van der Waals surface area contributed by atoms with Crippen molar-refractivity contribution in [1.82, 2.24) is 19.7 Å². The number of aliphatic carboxylic acids is 2. The summed E-state index contributed by atoms with van der Waals surface area (Å²) in [7, 11) is 0. The fourth-order valence-electron chi connectivity index (χ4n) is 3.30. The van der Waals surface area contributed by atoms with Crippen LogP contribution in [0.5, 0.6) is 0 Å². The molecule has 0 radical (unpaired) electrons. The van der Waals surface area contributed by atoms with Crippen molar-refractivity contribution in [3.8, 4) is 0 Å². The second-order valence-electron chi connectivity index (χ2n) is 7.07. The van der Waals surface area contributed by atoms with Crippen molar-refractivity contribution >= 4 is 46.0 Å². The number of anilines is 2. The molecule has 4 N–H and O–H groups in total. The first-order valence-electron chi connectivity index (χ1n) is 9.77. The van der Waals surface area contributed by atoms with Gasteiger partial charge in [0.1, 0.15) is 6.04 Å². The molecule has 0 unspecified atom stereocenters. The van der Waals surface area contributed by atoms with Crippen LogP contribution in [0.4, 0.5) is 11.5 Å². The van der Waals surface area contributed by atoms with Crippen LogP contribution in [0, 0.1) is 0 Å². The minimum Gasteiger partial charge on any atom is -0.481 e. The number of nitrogens with zero attached hydrogens (tertiary/aromatic N) is 3. The van der Waals surface area contributed by atoms with E-state index < -0.39 is 23.9 Å². The summed E-state index contributed by atoms with van der Waals surface area (Å²) in [6.45, 7) is 0. The highest BCUT2D eigenvalue weighted by Gasteiger charge is 2.21. The summed E-state index contributed by atoms with van der Waals surface area (Å²) >= 11 is 0. The number of carboxylic acid groups (broad SMARTS) is 2. The first-order chi connectivity index (χ1) is 15.4. The number of benzene rings is 2. The smallest absolute Gasteiger partial charge is 0.326 e. The van der Waals surface area contributed by atoms with Crippen LogP contribution in [0.25, 0.3) is 16.7 Å². The molecule has 0 aliphatic heterocycles. The Morgan fingerprint density at radius 1 is 1.03 bits per heavy atom. The normalized spacial score (nSPS) is 11.9. The van der Waals surface area contributed by atoms with Crippen LogP contribution in [0.15, 0.2) is 60.9 Å². The first kappa shape index (κ1) is 20.8. The van der Waals surface area contributed by atoms with Gasteiger partial charge < -0.3 is 20.8 Å². The third-order valence-electron chi connectivity index (χ3n) is 4.89. The number of hydrogen-bond acceptors (Lipinski definition) is 6. The summed E-state index contributed by atoms with van der Waals surface area (Å²) < 4.78 is 1.93. The van der Waals surface area contributed by atoms with E-state index in [2.05, 4.69) is 20.6 Å². The third-order valence-corrected chi connectivity index (χ3v) is 4.89. The van der Waals surface area contributed by atoms with E-state index in [1.165, 1.54) is 12.1 Å². The van der Waals surface area contributed by atoms with Crippen LogP contribution in [-0.4, -0.2) is 48.5 Å². The molecule has 1 amide bonds. The zero-order valence-corrected chi connectivity index (χ0v) is 16.7. The Bertz CT molecular complexity index is 1320. The molecule has 0 fully saturated rings. The van der Waals surface area contributed by atoms with Gasteiger partial charge in [-0.05, 0) is 42.8 Å². The minimum atomic E-state index is -1.29. The Morgan fingerprint density at radius 3 is 2.50 bits per heavy atom. The van der Waals surface area contributed by atoms with E-state index in [1.54, 1.807) is 18.3 Å². The molecule has 0 spiro atoms. The molecule has 4 aromatic rings. The molecule has 1 atom stereocenters. The minimum absolute atomic E-state index is 0.204. The van der Waals surface area contributed by atoms with Crippen molar-refractivity contribution in [2.75, 3.05) is 5.32 Å². The second-order valence-corrected chi connectivity index (χ2v) is 7.07. The van der Waals surface area contributed by atoms with Crippen LogP contribution in [0.1, 0.15) is 23.2 Å². The van der Waals surface area contributed by atoms with E-state index >= 15 is 0 Å². The summed E-state index contributed by atoms with van der Waals surface area (Å²) in [5.74, 6) is -2.47. The van der Waals surface area contributed by atoms with Gasteiger partial charge in [0.05, 0.1) is 11.0 Å². The van der Waals surface area contributed by atoms with Gasteiger partial charge in [-0.2, -0.15) is 0 Å². The van der Waals surface area contributed by atoms with Crippen LogP contribution in [0.2, 0.25) is 0 Å². The van der Waals surface area contributed by atoms with Gasteiger partial charge in [0, 0.05) is 30.1 Å². The number of hydrogen-bond donors (Lipinski definition) is 4. The number of fused-ring (bicyclic) bond motifs is 3. The average Bonchev–Trinajstić information content (AvgIpc) is 3.27. The maximum atomic E-state index is 12.4. The molecule has 0 aliphatic carbocycles. The van der Waals surface area contributed by atoms with Crippen molar-refractivity contribution < 1.29 is 24.6 Å². The Kier molecular flexibility index (Phi) is 5.67. The molecule has 32 heavy (non-hydrogen) atoms. The summed E-state index contributed by atoms with van der Waals surface area (Å²) in [4.78, 5) is 43.4. The number of nitrogens with one attached hydrogen (secondary N) is 2. The van der Waals surface area contributed by atoms with Gasteiger partial charge in [-0.1, -0.05) is 12.1 Å². The standard InChI is InChI=1S/C22H19N5O5/c28-18(29)10-9-16(22(31)32)26-21(30)13-5-7-14(8-6-13)24-19-20-23-11-12-27(20)17-4-2-1-3-15(17)25-19/h1-8,11-12,16H,9-10H2,(H,24,25)(H,26,30)(H,28,29)(H,31,32)/t16-/m0/s1. The fraction of sp³-hybridized carbons (Fsp3) is 0.136. The number of carbonyl (C=O) groups is 3. The van der Waals surface area contributed by atoms with E-state index in [0.717, 1.165) is 11.0 Å². The molecule has 10 heteroatoms. The summed E-state index contributed by atoms with van der Waals surface area (Å²) in [6, 6.07) is 12.8. The molecule has 2 aromatic carbocycles. The van der Waals surface area contributed by atoms with Crippen LogP contribution >= 0.6 is 0 Å². The molecule has 0 aliphatic rings. The van der Waals surface area contributed by atoms with Crippen LogP contribution in [-0.2, 0) is 9.59 Å². The highest BCUT2D eigenvalue weighted by atomic mass is 16.4. The number of amides is 1. The van der Waals surface area contributed by atoms with Gasteiger partial charge in [-0.25, -0.2) is 14.8 Å². The van der Waals surface area contributed by atoms with E-state index in [4.69, 9.17) is 5.11 Å². The Labute approximate surface area is 181 Å². The lowest BCUT2D eigenvalue weighted by Crippen LogP contribution is -2.41. The quantitative estimate of drug-likeness (QED) is 0.332. The number of para-hydroxylation sites is 2. The van der Waals surface area contributed by atoms with E-state index in [1.807, 2.05) is 34.9 Å². The summed E-state index contributed by atoms with van der Waals surface area (Å²) in [5.41, 5.74) is 3.27. The van der Waals surface area contributed by atoms with Gasteiger partial charge in [0.25, 0.3) is 5.91 Å². The Balaban J connectivity index is 1.51. The van der Waals surface area contributed by atoms with Crippen LogP contribution < -0.4 is 10.6 Å². The van der Waals surface area contributed by atoms with Crippen LogP contribution in [0.3, 0.4) is 0 Å². The van der Waals surface area contributed by atoms with Crippen molar-refractivity contribution in [1.29, 1.82) is 0 Å². The monoisotopic (exact) mass is 433 g/mol. The summed E-state index contributed by atoms with van der Waals surface area (Å²) in [6.07, 6.45) is 2.97. The van der Waals surface area contributed by atoms with E-state index in [0.29, 0.717) is 17.2 Å². The SMILES string of the molecule is O=C(O)CC[C@H](NC(=O)c1ccc(Nc2nc3ccccc3n3ccnc23)cc1)C(=O)O. The predicted molar refractivity (Wildman–Crippen MR) is 116 cm³/mol. The number of carbonyl (C=O) groups excluding carboxylic acids is 1. The largest absolute Gasteiger partial charge is 0.481 e. The Hall–Kier alpha value is -4.47. The van der Waals surface area contributed by atoms with Gasteiger partial charge in [0.2, 0.25) is 0 Å². The lowest BCUT2D eigenvalue weighted by molar-refractivity contribution is -0.140. The zero-order valence-electron chi connectivity index (χ0n) is 16.7. The molecule has 0 saturated heterocycles. The third kappa shape index (κ3) is 4.33. The molecule has 2 heterocycles. The molecule has 2 aromatic heterocycles.